The predicted molar refractivity (Wildman–Crippen MR) is 30.2 cm³/mol. The highest BCUT2D eigenvalue weighted by molar-refractivity contribution is 5.22. The summed E-state index contributed by atoms with van der Waals surface area (Å²) in [6.45, 7) is 1.72. The molecule has 8 heavy (non-hydrogen) atoms. The van der Waals surface area contributed by atoms with E-state index in [0.29, 0.717) is 5.92 Å². The van der Waals surface area contributed by atoms with Crippen LogP contribution in [-0.4, -0.2) is 13.2 Å². The second-order valence-electron chi connectivity index (χ2n) is 2.72. The summed E-state index contributed by atoms with van der Waals surface area (Å²) in [6.07, 6.45) is 6.49. The molecule has 0 bridgehead atoms. The van der Waals surface area contributed by atoms with E-state index in [2.05, 4.69) is 5.92 Å². The minimum Gasteiger partial charge on any atom is -0.380 e. The number of hydrogen-bond acceptors (Lipinski definition) is 1. The molecule has 0 radical (unpaired) electrons. The van der Waals surface area contributed by atoms with E-state index in [0.717, 1.165) is 13.2 Å². The van der Waals surface area contributed by atoms with Crippen LogP contribution in [-0.2, 0) is 4.74 Å². The molecule has 2 aliphatic rings. The van der Waals surface area contributed by atoms with E-state index in [4.69, 9.17) is 11.2 Å². The molecule has 1 saturated carbocycles. The first-order valence-electron chi connectivity index (χ1n) is 2.93. The summed E-state index contributed by atoms with van der Waals surface area (Å²) in [5, 5.41) is 0. The molecule has 1 aliphatic carbocycles. The molecule has 0 N–H and O–H groups in total. The zero-order valence-corrected chi connectivity index (χ0v) is 4.68. The van der Waals surface area contributed by atoms with Gasteiger partial charge in [0.25, 0.3) is 0 Å². The molecule has 42 valence electrons. The van der Waals surface area contributed by atoms with E-state index in [9.17, 15) is 0 Å². The van der Waals surface area contributed by atoms with Gasteiger partial charge in [0.2, 0.25) is 0 Å². The van der Waals surface area contributed by atoms with Crippen molar-refractivity contribution in [3.63, 3.8) is 0 Å². The van der Waals surface area contributed by atoms with Crippen LogP contribution in [0.15, 0.2) is 0 Å². The molecule has 0 spiro atoms. The molecule has 1 aliphatic heterocycles. The Balaban J connectivity index is 2.22. The first-order valence-corrected chi connectivity index (χ1v) is 2.93. The monoisotopic (exact) mass is 108 g/mol. The highest BCUT2D eigenvalue weighted by Gasteiger charge is 2.57. The van der Waals surface area contributed by atoms with Crippen molar-refractivity contribution in [2.75, 3.05) is 13.2 Å². The molecular formula is C7H8O. The average Bonchev–Trinajstić information content (AvgIpc) is 2.38. The van der Waals surface area contributed by atoms with Crippen LogP contribution < -0.4 is 0 Å². The van der Waals surface area contributed by atoms with Gasteiger partial charge in [-0.25, -0.2) is 0 Å². The van der Waals surface area contributed by atoms with Gasteiger partial charge >= 0.3 is 0 Å². The molecule has 0 amide bonds. The van der Waals surface area contributed by atoms with Crippen LogP contribution in [0.25, 0.3) is 0 Å². The van der Waals surface area contributed by atoms with Gasteiger partial charge in [-0.05, 0) is 6.42 Å². The number of ether oxygens (including phenoxy) is 1. The lowest BCUT2D eigenvalue weighted by Gasteiger charge is -1.96. The van der Waals surface area contributed by atoms with Gasteiger partial charge in [-0.15, -0.1) is 6.42 Å². The van der Waals surface area contributed by atoms with Gasteiger partial charge < -0.3 is 4.74 Å². The third kappa shape index (κ3) is 0.329. The van der Waals surface area contributed by atoms with Crippen molar-refractivity contribution < 1.29 is 4.74 Å². The first kappa shape index (κ1) is 4.40. The summed E-state index contributed by atoms with van der Waals surface area (Å²) in [5.41, 5.74) is 0.208. The highest BCUT2D eigenvalue weighted by Crippen LogP contribution is 2.56. The minimum atomic E-state index is 0.208. The topological polar surface area (TPSA) is 9.23 Å². The van der Waals surface area contributed by atoms with E-state index in [1.54, 1.807) is 0 Å². The summed E-state index contributed by atoms with van der Waals surface area (Å²) < 4.78 is 5.16. The smallest absolute Gasteiger partial charge is 0.0635 e. The molecule has 1 saturated heterocycles. The quantitative estimate of drug-likeness (QED) is 0.414. The molecule has 2 rings (SSSR count). The number of fused-ring (bicyclic) bond motifs is 1. The van der Waals surface area contributed by atoms with Crippen molar-refractivity contribution in [1.82, 2.24) is 0 Å². The SMILES string of the molecule is C#CC12COCC1C2. The van der Waals surface area contributed by atoms with Crippen molar-refractivity contribution >= 4 is 0 Å². The van der Waals surface area contributed by atoms with E-state index >= 15 is 0 Å². The van der Waals surface area contributed by atoms with Crippen LogP contribution in [0.5, 0.6) is 0 Å². The largest absolute Gasteiger partial charge is 0.380 e. The zero-order valence-electron chi connectivity index (χ0n) is 4.68. The molecule has 0 aromatic heterocycles. The molecule has 2 unspecified atom stereocenters. The van der Waals surface area contributed by atoms with Gasteiger partial charge in [0, 0.05) is 5.92 Å². The Morgan fingerprint density at radius 3 is 2.88 bits per heavy atom. The summed E-state index contributed by atoms with van der Waals surface area (Å²) in [6, 6.07) is 0. The third-order valence-electron chi connectivity index (χ3n) is 2.20. The Labute approximate surface area is 49.0 Å². The lowest BCUT2D eigenvalue weighted by Crippen LogP contribution is -1.99. The normalized spacial score (nSPS) is 50.1. The van der Waals surface area contributed by atoms with E-state index in [-0.39, 0.29) is 5.41 Å². The van der Waals surface area contributed by atoms with Gasteiger partial charge in [0.05, 0.1) is 18.6 Å². The first-order chi connectivity index (χ1) is 3.87. The summed E-state index contributed by atoms with van der Waals surface area (Å²) in [4.78, 5) is 0. The maximum atomic E-state index is 5.28. The standard InChI is InChI=1S/C7H8O/c1-2-7-3-6(7)4-8-5-7/h1,6H,3-5H2. The molecule has 1 heterocycles. The van der Waals surface area contributed by atoms with Gasteiger partial charge in [0.15, 0.2) is 0 Å². The van der Waals surface area contributed by atoms with Crippen LogP contribution in [0.1, 0.15) is 6.42 Å². The molecule has 0 aromatic rings. The summed E-state index contributed by atoms with van der Waals surface area (Å²) in [7, 11) is 0. The van der Waals surface area contributed by atoms with E-state index in [1.807, 2.05) is 0 Å². The number of hydrogen-bond donors (Lipinski definition) is 0. The second-order valence-corrected chi connectivity index (χ2v) is 2.72. The van der Waals surface area contributed by atoms with Crippen molar-refractivity contribution in [1.29, 1.82) is 0 Å². The maximum Gasteiger partial charge on any atom is 0.0635 e. The van der Waals surface area contributed by atoms with Gasteiger partial charge in [0.1, 0.15) is 0 Å². The number of terminal acetylenes is 1. The lowest BCUT2D eigenvalue weighted by molar-refractivity contribution is 0.157. The van der Waals surface area contributed by atoms with E-state index < -0.39 is 0 Å². The summed E-state index contributed by atoms with van der Waals surface area (Å²) >= 11 is 0. The van der Waals surface area contributed by atoms with Crippen LogP contribution in [0.2, 0.25) is 0 Å². The van der Waals surface area contributed by atoms with Gasteiger partial charge in [-0.3, -0.25) is 0 Å². The Morgan fingerprint density at radius 1 is 1.75 bits per heavy atom. The van der Waals surface area contributed by atoms with Gasteiger partial charge in [-0.1, -0.05) is 5.92 Å². The van der Waals surface area contributed by atoms with E-state index in [1.165, 1.54) is 6.42 Å². The second kappa shape index (κ2) is 1.09. The predicted octanol–water partition coefficient (Wildman–Crippen LogP) is 0.656. The molecule has 0 aromatic carbocycles. The highest BCUT2D eigenvalue weighted by atomic mass is 16.5. The third-order valence-corrected chi connectivity index (χ3v) is 2.20. The van der Waals surface area contributed by atoms with Gasteiger partial charge in [-0.2, -0.15) is 0 Å². The van der Waals surface area contributed by atoms with Crippen molar-refractivity contribution in [3.8, 4) is 12.3 Å². The minimum absolute atomic E-state index is 0.208. The fourth-order valence-electron chi connectivity index (χ4n) is 1.38. The zero-order chi connectivity index (χ0) is 5.61. The average molecular weight is 108 g/mol. The van der Waals surface area contributed by atoms with Crippen LogP contribution >= 0.6 is 0 Å². The Hall–Kier alpha value is -0.480. The molecule has 2 fully saturated rings. The molecule has 2 atom stereocenters. The molecule has 1 nitrogen and oxygen atoms in total. The maximum absolute atomic E-state index is 5.28. The van der Waals surface area contributed by atoms with Crippen LogP contribution in [0.3, 0.4) is 0 Å². The molecule has 1 heteroatoms. The Bertz CT molecular complexity index is 156. The number of rotatable bonds is 0. The Morgan fingerprint density at radius 2 is 2.62 bits per heavy atom. The molecular weight excluding hydrogens is 100 g/mol. The van der Waals surface area contributed by atoms with Crippen LogP contribution in [0, 0.1) is 23.7 Å². The fourth-order valence-corrected chi connectivity index (χ4v) is 1.38. The van der Waals surface area contributed by atoms with Crippen molar-refractivity contribution in [3.05, 3.63) is 0 Å². The van der Waals surface area contributed by atoms with Crippen molar-refractivity contribution in [2.24, 2.45) is 11.3 Å². The fraction of sp³-hybridized carbons (Fsp3) is 0.714. The van der Waals surface area contributed by atoms with Crippen molar-refractivity contribution in [2.45, 2.75) is 6.42 Å². The Kier molecular flexibility index (Phi) is 0.598. The summed E-state index contributed by atoms with van der Waals surface area (Å²) in [5.74, 6) is 3.50. The lowest BCUT2D eigenvalue weighted by atomic mass is 10.1. The van der Waals surface area contributed by atoms with Crippen LogP contribution in [0.4, 0.5) is 0 Å².